The van der Waals surface area contributed by atoms with Crippen molar-refractivity contribution >= 4 is 6.03 Å². The Kier molecular flexibility index (Phi) is 6.33. The first kappa shape index (κ1) is 17.7. The number of rotatable bonds is 5. The van der Waals surface area contributed by atoms with Gasteiger partial charge in [0.2, 0.25) is 0 Å². The Morgan fingerprint density at radius 1 is 1.48 bits per heavy atom. The zero-order chi connectivity index (χ0) is 16.8. The van der Waals surface area contributed by atoms with E-state index in [9.17, 15) is 18.7 Å². The van der Waals surface area contributed by atoms with Crippen molar-refractivity contribution in [3.05, 3.63) is 35.4 Å². The van der Waals surface area contributed by atoms with Crippen LogP contribution in [-0.2, 0) is 0 Å². The Labute approximate surface area is 135 Å². The minimum absolute atomic E-state index is 0.0642. The quantitative estimate of drug-likeness (QED) is 0.873. The van der Waals surface area contributed by atoms with Gasteiger partial charge in [-0.25, -0.2) is 13.6 Å². The number of halogens is 2. The molecule has 2 atom stereocenters. The predicted molar refractivity (Wildman–Crippen MR) is 83.9 cm³/mol. The van der Waals surface area contributed by atoms with Gasteiger partial charge in [-0.3, -0.25) is 0 Å². The van der Waals surface area contributed by atoms with Gasteiger partial charge in [0, 0.05) is 31.3 Å². The lowest BCUT2D eigenvalue weighted by atomic mass is 9.99. The number of benzene rings is 1. The fourth-order valence-electron chi connectivity index (χ4n) is 3.02. The molecule has 6 heteroatoms. The Hall–Kier alpha value is -1.69. The third kappa shape index (κ3) is 4.64. The monoisotopic (exact) mass is 326 g/mol. The maximum Gasteiger partial charge on any atom is 0.317 e. The molecule has 0 saturated carbocycles. The first-order valence-corrected chi connectivity index (χ1v) is 8.16. The van der Waals surface area contributed by atoms with Crippen LogP contribution in [0.2, 0.25) is 0 Å². The summed E-state index contributed by atoms with van der Waals surface area (Å²) in [5, 5.41) is 12.1. The summed E-state index contributed by atoms with van der Waals surface area (Å²) in [5.41, 5.74) is 0.303. The lowest BCUT2D eigenvalue weighted by Gasteiger charge is -2.33. The highest BCUT2D eigenvalue weighted by molar-refractivity contribution is 5.74. The highest BCUT2D eigenvalue weighted by Gasteiger charge is 2.26. The second-order valence-corrected chi connectivity index (χ2v) is 6.09. The second kappa shape index (κ2) is 8.24. The maximum absolute atomic E-state index is 14.0. The van der Waals surface area contributed by atoms with Crippen LogP contribution in [-0.4, -0.2) is 35.7 Å². The molecule has 1 heterocycles. The zero-order valence-electron chi connectivity index (χ0n) is 13.4. The molecule has 2 amide bonds. The summed E-state index contributed by atoms with van der Waals surface area (Å²) in [4.78, 5) is 14.1. The van der Waals surface area contributed by atoms with Crippen LogP contribution in [0.1, 0.15) is 44.2 Å². The highest BCUT2D eigenvalue weighted by atomic mass is 19.1. The second-order valence-electron chi connectivity index (χ2n) is 6.09. The van der Waals surface area contributed by atoms with Crippen molar-refractivity contribution < 1.29 is 18.7 Å². The number of aliphatic hydroxyl groups excluding tert-OH is 1. The zero-order valence-corrected chi connectivity index (χ0v) is 13.4. The number of nitrogens with one attached hydrogen (secondary N) is 1. The topological polar surface area (TPSA) is 52.6 Å². The van der Waals surface area contributed by atoms with Gasteiger partial charge in [0.15, 0.2) is 0 Å². The van der Waals surface area contributed by atoms with Gasteiger partial charge in [-0.1, -0.05) is 19.4 Å². The Balaban J connectivity index is 2.07. The fourth-order valence-corrected chi connectivity index (χ4v) is 3.02. The summed E-state index contributed by atoms with van der Waals surface area (Å²) in [7, 11) is 0. The van der Waals surface area contributed by atoms with E-state index in [2.05, 4.69) is 5.32 Å². The van der Waals surface area contributed by atoms with Crippen LogP contribution >= 0.6 is 0 Å². The van der Waals surface area contributed by atoms with E-state index in [-0.39, 0.29) is 18.6 Å². The molecule has 1 aliphatic heterocycles. The Bertz CT molecular complexity index is 539. The molecule has 1 aromatic carbocycles. The number of urea groups is 1. The molecular formula is C17H24F2N2O2. The smallest absolute Gasteiger partial charge is 0.317 e. The van der Waals surface area contributed by atoms with Gasteiger partial charge >= 0.3 is 6.03 Å². The lowest BCUT2D eigenvalue weighted by Crippen LogP contribution is -2.47. The molecule has 128 valence electrons. The third-order valence-corrected chi connectivity index (χ3v) is 4.28. The number of carbonyl (C=O) groups excluding carboxylic acids is 1. The van der Waals surface area contributed by atoms with Crippen molar-refractivity contribution in [2.45, 2.75) is 38.6 Å². The average Bonchev–Trinajstić information content (AvgIpc) is 2.54. The molecule has 2 rings (SSSR count). The molecule has 1 fully saturated rings. The molecule has 0 aromatic heterocycles. The Morgan fingerprint density at radius 3 is 2.91 bits per heavy atom. The van der Waals surface area contributed by atoms with Crippen LogP contribution in [0.4, 0.5) is 13.6 Å². The summed E-state index contributed by atoms with van der Waals surface area (Å²) in [6, 6.07) is 2.69. The maximum atomic E-state index is 14.0. The normalized spacial score (nSPS) is 19.5. The summed E-state index contributed by atoms with van der Waals surface area (Å²) in [6.45, 7) is 3.15. The van der Waals surface area contributed by atoms with Crippen LogP contribution in [0.25, 0.3) is 0 Å². The van der Waals surface area contributed by atoms with Gasteiger partial charge in [0.1, 0.15) is 11.6 Å². The first-order valence-electron chi connectivity index (χ1n) is 8.16. The van der Waals surface area contributed by atoms with E-state index in [1.807, 2.05) is 6.92 Å². The van der Waals surface area contributed by atoms with Gasteiger partial charge in [-0.2, -0.15) is 0 Å². The minimum Gasteiger partial charge on any atom is -0.396 e. The van der Waals surface area contributed by atoms with E-state index in [4.69, 9.17) is 0 Å². The van der Waals surface area contributed by atoms with Crippen LogP contribution in [0, 0.1) is 17.6 Å². The van der Waals surface area contributed by atoms with Crippen LogP contribution in [0.3, 0.4) is 0 Å². The molecule has 23 heavy (non-hydrogen) atoms. The minimum atomic E-state index is -0.643. The van der Waals surface area contributed by atoms with Gasteiger partial charge in [0.05, 0.1) is 6.04 Å². The summed E-state index contributed by atoms with van der Waals surface area (Å²) >= 11 is 0. The van der Waals surface area contributed by atoms with E-state index in [0.29, 0.717) is 25.1 Å². The van der Waals surface area contributed by atoms with E-state index in [1.165, 1.54) is 12.1 Å². The number of hydrogen-bond donors (Lipinski definition) is 2. The summed E-state index contributed by atoms with van der Waals surface area (Å²) in [6.07, 6.45) is 3.10. The molecule has 1 aliphatic rings. The molecule has 2 unspecified atom stereocenters. The van der Waals surface area contributed by atoms with Crippen molar-refractivity contribution in [3.63, 3.8) is 0 Å². The van der Waals surface area contributed by atoms with E-state index in [1.54, 1.807) is 4.90 Å². The van der Waals surface area contributed by atoms with Crippen molar-refractivity contribution in [1.29, 1.82) is 0 Å². The molecular weight excluding hydrogens is 302 g/mol. The molecule has 0 aliphatic carbocycles. The standard InChI is InChI=1S/C17H24F2N2O2/c1-2-4-16(14-7-6-13(18)9-15(14)19)20-17(23)21-8-3-5-12(10-21)11-22/h6-7,9,12,16,22H,2-5,8,10-11H2,1H3,(H,20,23). The van der Waals surface area contributed by atoms with Gasteiger partial charge in [-0.05, 0) is 31.2 Å². The SMILES string of the molecule is CCCC(NC(=O)N1CCCC(CO)C1)c1ccc(F)cc1F. The van der Waals surface area contributed by atoms with E-state index < -0.39 is 17.7 Å². The number of likely N-dealkylation sites (tertiary alicyclic amines) is 1. The average molecular weight is 326 g/mol. The van der Waals surface area contributed by atoms with Gasteiger partial charge in [0.25, 0.3) is 0 Å². The van der Waals surface area contributed by atoms with Crippen molar-refractivity contribution in [3.8, 4) is 0 Å². The van der Waals surface area contributed by atoms with Crippen LogP contribution in [0.15, 0.2) is 18.2 Å². The summed E-state index contributed by atoms with van der Waals surface area (Å²) in [5.74, 6) is -1.17. The largest absolute Gasteiger partial charge is 0.396 e. The number of carbonyl (C=O) groups is 1. The number of hydrogen-bond acceptors (Lipinski definition) is 2. The molecule has 1 saturated heterocycles. The lowest BCUT2D eigenvalue weighted by molar-refractivity contribution is 0.127. The fraction of sp³-hybridized carbons (Fsp3) is 0.588. The van der Waals surface area contributed by atoms with Crippen molar-refractivity contribution in [1.82, 2.24) is 10.2 Å². The summed E-state index contributed by atoms with van der Waals surface area (Å²) < 4.78 is 27.1. The molecule has 4 nitrogen and oxygen atoms in total. The number of amides is 2. The first-order chi connectivity index (χ1) is 11.0. The third-order valence-electron chi connectivity index (χ3n) is 4.28. The highest BCUT2D eigenvalue weighted by Crippen LogP contribution is 2.23. The van der Waals surface area contributed by atoms with Crippen molar-refractivity contribution in [2.75, 3.05) is 19.7 Å². The predicted octanol–water partition coefficient (Wildman–Crippen LogP) is 3.22. The molecule has 0 radical (unpaired) electrons. The van der Waals surface area contributed by atoms with Crippen LogP contribution < -0.4 is 5.32 Å². The van der Waals surface area contributed by atoms with Gasteiger partial charge in [-0.15, -0.1) is 0 Å². The molecule has 0 bridgehead atoms. The molecule has 1 aromatic rings. The molecule has 0 spiro atoms. The number of aliphatic hydroxyl groups is 1. The van der Waals surface area contributed by atoms with Crippen LogP contribution in [0.5, 0.6) is 0 Å². The Morgan fingerprint density at radius 2 is 2.26 bits per heavy atom. The number of piperidine rings is 1. The van der Waals surface area contributed by atoms with E-state index in [0.717, 1.165) is 25.3 Å². The number of nitrogens with zero attached hydrogens (tertiary/aromatic N) is 1. The van der Waals surface area contributed by atoms with E-state index >= 15 is 0 Å². The molecule has 2 N–H and O–H groups in total. The van der Waals surface area contributed by atoms with Crippen molar-refractivity contribution in [2.24, 2.45) is 5.92 Å². The van der Waals surface area contributed by atoms with Gasteiger partial charge < -0.3 is 15.3 Å².